The number of nitrogens with zero attached hydrogens (tertiary/aromatic N) is 5. The molecule has 2 rings (SSSR count). The highest BCUT2D eigenvalue weighted by Gasteiger charge is 2.08. The number of thioether (sulfide) groups is 1. The molecule has 19 heavy (non-hydrogen) atoms. The van der Waals surface area contributed by atoms with Crippen LogP contribution in [0.3, 0.4) is 0 Å². The molecule has 0 spiro atoms. The third-order valence-corrected chi connectivity index (χ3v) is 3.38. The van der Waals surface area contributed by atoms with E-state index in [0.29, 0.717) is 23.1 Å². The summed E-state index contributed by atoms with van der Waals surface area (Å²) in [5, 5.41) is 7.69. The van der Waals surface area contributed by atoms with E-state index in [4.69, 9.17) is 5.84 Å². The summed E-state index contributed by atoms with van der Waals surface area (Å²) in [6.07, 6.45) is 5.47. The molecule has 0 saturated carbocycles. The molecule has 9 heteroatoms. The fourth-order valence-electron chi connectivity index (χ4n) is 1.32. The first-order chi connectivity index (χ1) is 9.22. The number of hydrogen-bond donors (Lipinski definition) is 3. The van der Waals surface area contributed by atoms with Crippen molar-refractivity contribution in [3.05, 3.63) is 18.5 Å². The molecule has 0 saturated heterocycles. The van der Waals surface area contributed by atoms with E-state index < -0.39 is 0 Å². The molecule has 0 amide bonds. The fraction of sp³-hybridized carbons (Fsp3) is 0.400. The highest BCUT2D eigenvalue weighted by atomic mass is 32.2. The fourth-order valence-corrected chi connectivity index (χ4v) is 1.57. The predicted molar refractivity (Wildman–Crippen MR) is 76.2 cm³/mol. The maximum Gasteiger partial charge on any atom is 0.257 e. The van der Waals surface area contributed by atoms with Gasteiger partial charge in [-0.15, -0.1) is 0 Å². The number of hydrazine groups is 1. The monoisotopic (exact) mass is 280 g/mol. The first kappa shape index (κ1) is 13.6. The molecule has 2 aromatic heterocycles. The van der Waals surface area contributed by atoms with E-state index in [0.717, 1.165) is 6.54 Å². The quantitative estimate of drug-likeness (QED) is 0.519. The summed E-state index contributed by atoms with van der Waals surface area (Å²) < 4.78 is 1.55. The number of aromatic nitrogens is 5. The van der Waals surface area contributed by atoms with Gasteiger partial charge in [0, 0.05) is 24.2 Å². The van der Waals surface area contributed by atoms with Gasteiger partial charge in [-0.1, -0.05) is 6.92 Å². The zero-order chi connectivity index (χ0) is 13.7. The standard InChI is InChI=1S/C10H16N8S/c1-7(19-2)6-12-8-14-9(17-11)16-10(15-8)18-5-3-4-13-18/h3-5,7H,6,11H2,1-2H3,(H2,12,14,15,16,17). The summed E-state index contributed by atoms with van der Waals surface area (Å²) in [5.41, 5.74) is 2.42. The molecule has 0 aliphatic carbocycles. The highest BCUT2D eigenvalue weighted by Crippen LogP contribution is 2.10. The summed E-state index contributed by atoms with van der Waals surface area (Å²) >= 11 is 1.76. The first-order valence-corrected chi connectivity index (χ1v) is 7.01. The molecule has 4 N–H and O–H groups in total. The summed E-state index contributed by atoms with van der Waals surface area (Å²) in [4.78, 5) is 12.6. The van der Waals surface area contributed by atoms with Crippen molar-refractivity contribution in [3.8, 4) is 5.95 Å². The Labute approximate surface area is 115 Å². The van der Waals surface area contributed by atoms with Crippen LogP contribution in [0.1, 0.15) is 6.92 Å². The number of nitrogens with two attached hydrogens (primary N) is 1. The lowest BCUT2D eigenvalue weighted by Crippen LogP contribution is -2.19. The predicted octanol–water partition coefficient (Wildman–Crippen LogP) is 0.506. The number of anilines is 2. The Bertz CT molecular complexity index is 514. The van der Waals surface area contributed by atoms with Crippen LogP contribution in [0.25, 0.3) is 5.95 Å². The molecule has 102 valence electrons. The number of rotatable bonds is 6. The molecule has 0 radical (unpaired) electrons. The van der Waals surface area contributed by atoms with Crippen LogP contribution in [0.4, 0.5) is 11.9 Å². The van der Waals surface area contributed by atoms with Crippen molar-refractivity contribution in [1.82, 2.24) is 24.7 Å². The van der Waals surface area contributed by atoms with Gasteiger partial charge in [0.25, 0.3) is 5.95 Å². The van der Waals surface area contributed by atoms with Gasteiger partial charge in [0.15, 0.2) is 0 Å². The van der Waals surface area contributed by atoms with Gasteiger partial charge in [-0.3, -0.25) is 5.43 Å². The van der Waals surface area contributed by atoms with Crippen LogP contribution in [-0.4, -0.2) is 42.8 Å². The summed E-state index contributed by atoms with van der Waals surface area (Å²) in [7, 11) is 0. The van der Waals surface area contributed by atoms with Crippen molar-refractivity contribution >= 4 is 23.7 Å². The van der Waals surface area contributed by atoms with Gasteiger partial charge >= 0.3 is 0 Å². The second-order valence-corrected chi connectivity index (χ2v) is 5.08. The van der Waals surface area contributed by atoms with Gasteiger partial charge in [-0.2, -0.15) is 31.8 Å². The molecule has 0 aromatic carbocycles. The third-order valence-electron chi connectivity index (χ3n) is 2.41. The number of nitrogens with one attached hydrogen (secondary N) is 2. The third kappa shape index (κ3) is 3.55. The molecular formula is C10H16N8S. The molecule has 0 aliphatic heterocycles. The lowest BCUT2D eigenvalue weighted by molar-refractivity contribution is 0.795. The van der Waals surface area contributed by atoms with Crippen LogP contribution in [0, 0.1) is 0 Å². The largest absolute Gasteiger partial charge is 0.353 e. The van der Waals surface area contributed by atoms with Crippen molar-refractivity contribution in [3.63, 3.8) is 0 Å². The highest BCUT2D eigenvalue weighted by molar-refractivity contribution is 7.99. The van der Waals surface area contributed by atoms with E-state index in [1.165, 1.54) is 0 Å². The summed E-state index contributed by atoms with van der Waals surface area (Å²) in [6, 6.07) is 1.79. The molecule has 0 fully saturated rings. The van der Waals surface area contributed by atoms with Crippen LogP contribution < -0.4 is 16.6 Å². The van der Waals surface area contributed by atoms with Crippen LogP contribution in [0.5, 0.6) is 0 Å². The minimum atomic E-state index is 0.291. The van der Waals surface area contributed by atoms with E-state index in [-0.39, 0.29) is 0 Å². The van der Waals surface area contributed by atoms with Gasteiger partial charge in [0.2, 0.25) is 11.9 Å². The SMILES string of the molecule is CSC(C)CNc1nc(NN)nc(-n2cccn2)n1. The van der Waals surface area contributed by atoms with Gasteiger partial charge in [-0.25, -0.2) is 10.5 Å². The van der Waals surface area contributed by atoms with Crippen molar-refractivity contribution in [2.45, 2.75) is 12.2 Å². The summed E-state index contributed by atoms with van der Waals surface area (Å²) in [5.74, 6) is 6.53. The Hall–Kier alpha value is -1.87. The number of hydrogen-bond acceptors (Lipinski definition) is 8. The van der Waals surface area contributed by atoms with Gasteiger partial charge in [0.05, 0.1) is 0 Å². The Morgan fingerprint density at radius 1 is 1.37 bits per heavy atom. The van der Waals surface area contributed by atoms with Crippen LogP contribution in [0.15, 0.2) is 18.5 Å². The Morgan fingerprint density at radius 3 is 2.79 bits per heavy atom. The summed E-state index contributed by atoms with van der Waals surface area (Å²) in [6.45, 7) is 2.88. The van der Waals surface area contributed by atoms with E-state index in [9.17, 15) is 0 Å². The topological polar surface area (TPSA) is 107 Å². The zero-order valence-electron chi connectivity index (χ0n) is 10.7. The van der Waals surface area contributed by atoms with Crippen LogP contribution >= 0.6 is 11.8 Å². The normalized spacial score (nSPS) is 12.2. The van der Waals surface area contributed by atoms with Gasteiger partial charge in [-0.05, 0) is 12.3 Å². The lowest BCUT2D eigenvalue weighted by atomic mass is 10.5. The smallest absolute Gasteiger partial charge is 0.257 e. The number of nitrogen functional groups attached to an aromatic ring is 1. The van der Waals surface area contributed by atoms with E-state index in [1.54, 1.807) is 34.9 Å². The maximum atomic E-state index is 5.36. The molecular weight excluding hydrogens is 264 g/mol. The van der Waals surface area contributed by atoms with Crippen molar-refractivity contribution in [2.24, 2.45) is 5.84 Å². The zero-order valence-corrected chi connectivity index (χ0v) is 11.6. The second kappa shape index (κ2) is 6.34. The van der Waals surface area contributed by atoms with Gasteiger partial charge in [0.1, 0.15) is 0 Å². The Balaban J connectivity index is 2.21. The lowest BCUT2D eigenvalue weighted by Gasteiger charge is -2.11. The molecule has 1 unspecified atom stereocenters. The molecule has 0 aliphatic rings. The average Bonchev–Trinajstić information content (AvgIpc) is 2.98. The molecule has 2 heterocycles. The molecule has 8 nitrogen and oxygen atoms in total. The minimum absolute atomic E-state index is 0.291. The van der Waals surface area contributed by atoms with Crippen LogP contribution in [-0.2, 0) is 0 Å². The van der Waals surface area contributed by atoms with Crippen LogP contribution in [0.2, 0.25) is 0 Å². The van der Waals surface area contributed by atoms with Crippen molar-refractivity contribution in [2.75, 3.05) is 23.5 Å². The average molecular weight is 280 g/mol. The Morgan fingerprint density at radius 2 is 2.16 bits per heavy atom. The van der Waals surface area contributed by atoms with Crippen molar-refractivity contribution in [1.29, 1.82) is 0 Å². The molecule has 1 atom stereocenters. The first-order valence-electron chi connectivity index (χ1n) is 5.72. The Kier molecular flexibility index (Phi) is 4.53. The minimum Gasteiger partial charge on any atom is -0.353 e. The van der Waals surface area contributed by atoms with E-state index >= 15 is 0 Å². The molecule has 2 aromatic rings. The van der Waals surface area contributed by atoms with E-state index in [2.05, 4.69) is 44.0 Å². The second-order valence-electron chi connectivity index (χ2n) is 3.80. The van der Waals surface area contributed by atoms with Gasteiger partial charge < -0.3 is 5.32 Å². The van der Waals surface area contributed by atoms with E-state index in [1.807, 2.05) is 0 Å². The maximum absolute atomic E-state index is 5.36. The molecule has 0 bridgehead atoms. The van der Waals surface area contributed by atoms with Crippen molar-refractivity contribution < 1.29 is 0 Å².